The molecule has 0 aliphatic carbocycles. The average Bonchev–Trinajstić information content (AvgIpc) is 3.01. The van der Waals surface area contributed by atoms with E-state index in [9.17, 15) is 9.59 Å². The van der Waals surface area contributed by atoms with Crippen LogP contribution in [0.3, 0.4) is 0 Å². The Morgan fingerprint density at radius 3 is 2.64 bits per heavy atom. The SMILES string of the molecule is O=C(COC(=O)c1cc2cc(Cl)ccc2o1)NCc1cccc(Cl)c1. The fourth-order valence-corrected chi connectivity index (χ4v) is 2.61. The van der Waals surface area contributed by atoms with Gasteiger partial charge in [0.25, 0.3) is 5.91 Å². The standard InChI is InChI=1S/C18H13Cl2NO4/c19-13-3-1-2-11(6-13)9-21-17(22)10-24-18(23)16-8-12-7-14(20)4-5-15(12)25-16/h1-8H,9-10H2,(H,21,22). The summed E-state index contributed by atoms with van der Waals surface area (Å²) >= 11 is 11.8. The summed E-state index contributed by atoms with van der Waals surface area (Å²) < 4.78 is 10.3. The van der Waals surface area contributed by atoms with Crippen LogP contribution in [0.1, 0.15) is 16.1 Å². The van der Waals surface area contributed by atoms with Crippen LogP contribution in [0.5, 0.6) is 0 Å². The lowest BCUT2D eigenvalue weighted by atomic mass is 10.2. The molecule has 128 valence electrons. The molecule has 0 aliphatic rings. The van der Waals surface area contributed by atoms with Gasteiger partial charge in [0.05, 0.1) is 0 Å². The number of fused-ring (bicyclic) bond motifs is 1. The molecule has 0 aliphatic heterocycles. The van der Waals surface area contributed by atoms with Crippen molar-refractivity contribution in [2.75, 3.05) is 6.61 Å². The topological polar surface area (TPSA) is 68.5 Å². The van der Waals surface area contributed by atoms with Crippen LogP contribution in [0, 0.1) is 0 Å². The molecule has 0 radical (unpaired) electrons. The summed E-state index contributed by atoms with van der Waals surface area (Å²) in [5.74, 6) is -1.13. The summed E-state index contributed by atoms with van der Waals surface area (Å²) in [6, 6.07) is 13.6. The number of benzene rings is 2. The fraction of sp³-hybridized carbons (Fsp3) is 0.111. The highest BCUT2D eigenvalue weighted by atomic mass is 35.5. The van der Waals surface area contributed by atoms with Crippen molar-refractivity contribution in [3.05, 3.63) is 69.9 Å². The second-order valence-corrected chi connectivity index (χ2v) is 6.15. The molecular formula is C18H13Cl2NO4. The Kier molecular flexibility index (Phi) is 5.26. The molecule has 7 heteroatoms. The fourth-order valence-electron chi connectivity index (χ4n) is 2.22. The van der Waals surface area contributed by atoms with E-state index < -0.39 is 18.5 Å². The van der Waals surface area contributed by atoms with Crippen molar-refractivity contribution in [1.82, 2.24) is 5.32 Å². The lowest BCUT2D eigenvalue weighted by Gasteiger charge is -2.06. The second kappa shape index (κ2) is 7.59. The molecule has 25 heavy (non-hydrogen) atoms. The molecule has 2 aromatic carbocycles. The Morgan fingerprint density at radius 2 is 1.84 bits per heavy atom. The summed E-state index contributed by atoms with van der Waals surface area (Å²) in [6.07, 6.45) is 0. The van der Waals surface area contributed by atoms with Gasteiger partial charge in [-0.2, -0.15) is 0 Å². The van der Waals surface area contributed by atoms with Gasteiger partial charge in [-0.05, 0) is 42.0 Å². The number of amides is 1. The number of nitrogens with one attached hydrogen (secondary N) is 1. The van der Waals surface area contributed by atoms with Gasteiger partial charge < -0.3 is 14.5 Å². The number of furan rings is 1. The van der Waals surface area contributed by atoms with E-state index in [1.807, 2.05) is 6.07 Å². The van der Waals surface area contributed by atoms with Gasteiger partial charge >= 0.3 is 5.97 Å². The number of ether oxygens (including phenoxy) is 1. The third kappa shape index (κ3) is 4.53. The quantitative estimate of drug-likeness (QED) is 0.676. The summed E-state index contributed by atoms with van der Waals surface area (Å²) in [6.45, 7) is -0.114. The van der Waals surface area contributed by atoms with Gasteiger partial charge in [-0.3, -0.25) is 4.79 Å². The van der Waals surface area contributed by atoms with E-state index in [0.717, 1.165) is 5.56 Å². The predicted octanol–water partition coefficient (Wildman–Crippen LogP) is 4.21. The maximum Gasteiger partial charge on any atom is 0.374 e. The Labute approximate surface area is 153 Å². The maximum absolute atomic E-state index is 12.0. The van der Waals surface area contributed by atoms with Gasteiger partial charge in [0.15, 0.2) is 6.61 Å². The van der Waals surface area contributed by atoms with Crippen LogP contribution < -0.4 is 5.32 Å². The van der Waals surface area contributed by atoms with E-state index >= 15 is 0 Å². The molecule has 0 fully saturated rings. The molecule has 1 N–H and O–H groups in total. The van der Waals surface area contributed by atoms with E-state index in [1.165, 1.54) is 6.07 Å². The van der Waals surface area contributed by atoms with Gasteiger partial charge in [0.2, 0.25) is 5.76 Å². The highest BCUT2D eigenvalue weighted by Crippen LogP contribution is 2.23. The molecule has 3 aromatic rings. The van der Waals surface area contributed by atoms with E-state index in [4.69, 9.17) is 32.4 Å². The maximum atomic E-state index is 12.0. The number of carbonyl (C=O) groups is 2. The van der Waals surface area contributed by atoms with Crippen molar-refractivity contribution in [1.29, 1.82) is 0 Å². The number of esters is 1. The minimum atomic E-state index is -0.717. The molecule has 0 saturated carbocycles. The molecular weight excluding hydrogens is 365 g/mol. The molecule has 0 unspecified atom stereocenters. The van der Waals surface area contributed by atoms with Crippen LogP contribution in [-0.4, -0.2) is 18.5 Å². The van der Waals surface area contributed by atoms with Gasteiger partial charge in [-0.1, -0.05) is 35.3 Å². The van der Waals surface area contributed by atoms with Gasteiger partial charge in [-0.15, -0.1) is 0 Å². The Hall–Kier alpha value is -2.50. The van der Waals surface area contributed by atoms with Crippen molar-refractivity contribution >= 4 is 46.0 Å². The number of halogens is 2. The van der Waals surface area contributed by atoms with Gasteiger partial charge in [0.1, 0.15) is 5.58 Å². The minimum absolute atomic E-state index is 0.0138. The molecule has 0 bridgehead atoms. The summed E-state index contributed by atoms with van der Waals surface area (Å²) in [5, 5.41) is 4.45. The summed E-state index contributed by atoms with van der Waals surface area (Å²) in [4.78, 5) is 23.8. The highest BCUT2D eigenvalue weighted by molar-refractivity contribution is 6.31. The summed E-state index contributed by atoms with van der Waals surface area (Å²) in [5.41, 5.74) is 1.36. The molecule has 5 nitrogen and oxygen atoms in total. The van der Waals surface area contributed by atoms with Crippen molar-refractivity contribution in [2.45, 2.75) is 6.54 Å². The third-order valence-corrected chi connectivity index (χ3v) is 3.86. The first-order chi connectivity index (χ1) is 12.0. The van der Waals surface area contributed by atoms with Gasteiger partial charge in [-0.25, -0.2) is 4.79 Å². The molecule has 1 heterocycles. The first-order valence-electron chi connectivity index (χ1n) is 7.38. The van der Waals surface area contributed by atoms with Crippen molar-refractivity contribution in [3.63, 3.8) is 0 Å². The largest absolute Gasteiger partial charge is 0.450 e. The number of rotatable bonds is 5. The van der Waals surface area contributed by atoms with E-state index in [0.29, 0.717) is 27.6 Å². The average molecular weight is 378 g/mol. The normalized spacial score (nSPS) is 10.6. The van der Waals surface area contributed by atoms with Crippen LogP contribution >= 0.6 is 23.2 Å². The first-order valence-corrected chi connectivity index (χ1v) is 8.14. The van der Waals surface area contributed by atoms with Crippen LogP contribution in [0.15, 0.2) is 52.9 Å². The van der Waals surface area contributed by atoms with Gasteiger partial charge in [0, 0.05) is 22.0 Å². The monoisotopic (exact) mass is 377 g/mol. The molecule has 0 atom stereocenters. The van der Waals surface area contributed by atoms with Crippen LogP contribution in [0.4, 0.5) is 0 Å². The molecule has 3 rings (SSSR count). The molecule has 1 aromatic heterocycles. The third-order valence-electron chi connectivity index (χ3n) is 3.39. The Balaban J connectivity index is 1.53. The zero-order valence-corrected chi connectivity index (χ0v) is 14.4. The Bertz CT molecular complexity index is 936. The van der Waals surface area contributed by atoms with E-state index in [1.54, 1.807) is 36.4 Å². The minimum Gasteiger partial charge on any atom is -0.450 e. The second-order valence-electron chi connectivity index (χ2n) is 5.28. The number of hydrogen-bond acceptors (Lipinski definition) is 4. The zero-order chi connectivity index (χ0) is 17.8. The predicted molar refractivity (Wildman–Crippen MR) is 94.8 cm³/mol. The lowest BCUT2D eigenvalue weighted by Crippen LogP contribution is -2.28. The van der Waals surface area contributed by atoms with Crippen molar-refractivity contribution in [2.24, 2.45) is 0 Å². The lowest BCUT2D eigenvalue weighted by molar-refractivity contribution is -0.124. The van der Waals surface area contributed by atoms with E-state index in [-0.39, 0.29) is 5.76 Å². The number of carbonyl (C=O) groups excluding carboxylic acids is 2. The smallest absolute Gasteiger partial charge is 0.374 e. The zero-order valence-electron chi connectivity index (χ0n) is 12.9. The van der Waals surface area contributed by atoms with Crippen LogP contribution in [0.25, 0.3) is 11.0 Å². The molecule has 0 saturated heterocycles. The highest BCUT2D eigenvalue weighted by Gasteiger charge is 2.15. The van der Waals surface area contributed by atoms with Crippen LogP contribution in [-0.2, 0) is 16.1 Å². The number of hydrogen-bond donors (Lipinski definition) is 1. The first kappa shape index (κ1) is 17.3. The van der Waals surface area contributed by atoms with Crippen LogP contribution in [0.2, 0.25) is 10.0 Å². The Morgan fingerprint density at radius 1 is 1.04 bits per heavy atom. The molecule has 1 amide bonds. The molecule has 0 spiro atoms. The summed E-state index contributed by atoms with van der Waals surface area (Å²) in [7, 11) is 0. The van der Waals surface area contributed by atoms with Crippen molar-refractivity contribution in [3.8, 4) is 0 Å². The van der Waals surface area contributed by atoms with Crippen molar-refractivity contribution < 1.29 is 18.7 Å². The van der Waals surface area contributed by atoms with E-state index in [2.05, 4.69) is 5.32 Å².